The summed E-state index contributed by atoms with van der Waals surface area (Å²) in [5.74, 6) is 0. The van der Waals surface area contributed by atoms with E-state index >= 15 is 0 Å². The van der Waals surface area contributed by atoms with Crippen molar-refractivity contribution in [3.8, 4) is 0 Å². The lowest BCUT2D eigenvalue weighted by Gasteiger charge is -2.25. The highest BCUT2D eigenvalue weighted by Gasteiger charge is 2.47. The number of rotatable bonds is 2. The van der Waals surface area contributed by atoms with Crippen LogP contribution in [0.5, 0.6) is 0 Å². The van der Waals surface area contributed by atoms with Crippen LogP contribution < -0.4 is 0 Å². The van der Waals surface area contributed by atoms with Crippen LogP contribution in [0.15, 0.2) is 60.7 Å². The average molecular weight is 276 g/mol. The molecular weight excluding hydrogens is 264 g/mol. The van der Waals surface area contributed by atoms with E-state index in [0.29, 0.717) is 0 Å². The van der Waals surface area contributed by atoms with Gasteiger partial charge in [-0.2, -0.15) is 8.42 Å². The van der Waals surface area contributed by atoms with Crippen LogP contribution in [0, 0.1) is 0 Å². The summed E-state index contributed by atoms with van der Waals surface area (Å²) in [6.07, 6.45) is 0. The summed E-state index contributed by atoms with van der Waals surface area (Å²) >= 11 is 0. The van der Waals surface area contributed by atoms with Crippen molar-refractivity contribution in [2.75, 3.05) is 6.61 Å². The normalized spacial score (nSPS) is 20.2. The van der Waals surface area contributed by atoms with Crippen LogP contribution in [0.25, 0.3) is 0 Å². The van der Waals surface area contributed by atoms with Crippen molar-refractivity contribution in [3.63, 3.8) is 0 Å². The molecule has 1 fully saturated rings. The Morgan fingerprint density at radius 2 is 1.32 bits per heavy atom. The molecule has 1 heterocycles. The SMILES string of the molecule is O=S1(=O)OCC(c2ccccc2)(c2ccccc2)O1. The molecule has 1 aliphatic heterocycles. The Labute approximate surface area is 111 Å². The van der Waals surface area contributed by atoms with Gasteiger partial charge < -0.3 is 0 Å². The number of benzene rings is 2. The van der Waals surface area contributed by atoms with E-state index in [2.05, 4.69) is 0 Å². The van der Waals surface area contributed by atoms with E-state index in [9.17, 15) is 8.42 Å². The molecule has 0 spiro atoms. The Kier molecular flexibility index (Phi) is 2.89. The molecule has 2 aromatic carbocycles. The van der Waals surface area contributed by atoms with Gasteiger partial charge in [0, 0.05) is 0 Å². The first-order valence-electron chi connectivity index (χ1n) is 5.83. The van der Waals surface area contributed by atoms with Gasteiger partial charge in [0.15, 0.2) is 5.60 Å². The van der Waals surface area contributed by atoms with Crippen LogP contribution in [0.1, 0.15) is 11.1 Å². The third kappa shape index (κ3) is 2.16. The predicted octanol–water partition coefficient (Wildman–Crippen LogP) is 2.22. The quantitative estimate of drug-likeness (QED) is 0.844. The van der Waals surface area contributed by atoms with Crippen LogP contribution in [0.4, 0.5) is 0 Å². The van der Waals surface area contributed by atoms with Gasteiger partial charge in [-0.1, -0.05) is 60.7 Å². The summed E-state index contributed by atoms with van der Waals surface area (Å²) < 4.78 is 33.2. The first-order valence-corrected chi connectivity index (χ1v) is 7.17. The fourth-order valence-corrected chi connectivity index (χ4v) is 3.17. The fourth-order valence-electron chi connectivity index (χ4n) is 2.22. The van der Waals surface area contributed by atoms with Crippen LogP contribution in [-0.4, -0.2) is 15.0 Å². The molecular formula is C14H12O4S. The van der Waals surface area contributed by atoms with Crippen LogP contribution >= 0.6 is 0 Å². The van der Waals surface area contributed by atoms with E-state index < -0.39 is 16.0 Å². The molecule has 0 aromatic heterocycles. The maximum absolute atomic E-state index is 11.5. The van der Waals surface area contributed by atoms with Crippen LogP contribution in [0.3, 0.4) is 0 Å². The highest BCUT2D eigenvalue weighted by atomic mass is 32.3. The average Bonchev–Trinajstić information content (AvgIpc) is 2.78. The molecule has 3 rings (SSSR count). The lowest BCUT2D eigenvalue weighted by atomic mass is 9.87. The van der Waals surface area contributed by atoms with Crippen molar-refractivity contribution in [2.24, 2.45) is 0 Å². The molecule has 1 saturated heterocycles. The second-order valence-electron chi connectivity index (χ2n) is 4.31. The summed E-state index contributed by atoms with van der Waals surface area (Å²) in [5, 5.41) is 0. The molecule has 0 bridgehead atoms. The lowest BCUT2D eigenvalue weighted by molar-refractivity contribution is 0.141. The molecule has 0 atom stereocenters. The smallest absolute Gasteiger partial charge is 0.244 e. The highest BCUT2D eigenvalue weighted by molar-refractivity contribution is 7.82. The Morgan fingerprint density at radius 1 is 0.842 bits per heavy atom. The van der Waals surface area contributed by atoms with Gasteiger partial charge in [-0.15, -0.1) is 0 Å². The van der Waals surface area contributed by atoms with Gasteiger partial charge in [-0.05, 0) is 11.1 Å². The standard InChI is InChI=1S/C14H12O4S/c15-19(16)17-11-14(18-19,12-7-3-1-4-8-12)13-9-5-2-6-10-13/h1-10H,11H2. The molecule has 0 aliphatic carbocycles. The first kappa shape index (κ1) is 12.3. The maximum atomic E-state index is 11.5. The van der Waals surface area contributed by atoms with Crippen LogP contribution in [0.2, 0.25) is 0 Å². The number of hydrogen-bond acceptors (Lipinski definition) is 4. The Morgan fingerprint density at radius 3 is 1.68 bits per heavy atom. The topological polar surface area (TPSA) is 52.6 Å². The second-order valence-corrected chi connectivity index (χ2v) is 5.53. The van der Waals surface area contributed by atoms with E-state index in [4.69, 9.17) is 8.37 Å². The van der Waals surface area contributed by atoms with E-state index in [0.717, 1.165) is 11.1 Å². The minimum absolute atomic E-state index is 0.0522. The Bertz CT molecular complexity index is 626. The molecule has 0 amide bonds. The van der Waals surface area contributed by atoms with Gasteiger partial charge in [-0.3, -0.25) is 0 Å². The summed E-state index contributed by atoms with van der Waals surface area (Å²) in [7, 11) is -3.95. The molecule has 98 valence electrons. The monoisotopic (exact) mass is 276 g/mol. The van der Waals surface area contributed by atoms with Gasteiger partial charge in [0.1, 0.15) is 6.61 Å². The van der Waals surface area contributed by atoms with Crippen molar-refractivity contribution in [2.45, 2.75) is 5.60 Å². The molecule has 0 radical (unpaired) electrons. The summed E-state index contributed by atoms with van der Waals surface area (Å²) in [5.41, 5.74) is 0.408. The lowest BCUT2D eigenvalue weighted by Crippen LogP contribution is -2.30. The Balaban J connectivity index is 2.18. The van der Waals surface area contributed by atoms with Gasteiger partial charge >= 0.3 is 10.4 Å². The van der Waals surface area contributed by atoms with Gasteiger partial charge in [0.05, 0.1) is 0 Å². The first-order chi connectivity index (χ1) is 9.12. The summed E-state index contributed by atoms with van der Waals surface area (Å²) in [4.78, 5) is 0. The second kappa shape index (κ2) is 4.45. The zero-order valence-corrected chi connectivity index (χ0v) is 10.8. The largest absolute Gasteiger partial charge is 0.401 e. The molecule has 1 aliphatic rings. The van der Waals surface area contributed by atoms with E-state index in [1.165, 1.54) is 0 Å². The molecule has 0 saturated carbocycles. The maximum Gasteiger partial charge on any atom is 0.401 e. The van der Waals surface area contributed by atoms with Crippen LogP contribution in [-0.2, 0) is 24.4 Å². The molecule has 0 N–H and O–H groups in total. The molecule has 4 nitrogen and oxygen atoms in total. The zero-order chi connectivity index (χ0) is 13.3. The molecule has 19 heavy (non-hydrogen) atoms. The summed E-state index contributed by atoms with van der Waals surface area (Å²) in [6.45, 7) is -0.0522. The van der Waals surface area contributed by atoms with Crippen molar-refractivity contribution in [1.29, 1.82) is 0 Å². The molecule has 0 unspecified atom stereocenters. The van der Waals surface area contributed by atoms with E-state index in [1.807, 2.05) is 60.7 Å². The van der Waals surface area contributed by atoms with Gasteiger partial charge in [0.2, 0.25) is 0 Å². The van der Waals surface area contributed by atoms with Gasteiger partial charge in [-0.25, -0.2) is 8.37 Å². The summed E-state index contributed by atoms with van der Waals surface area (Å²) in [6, 6.07) is 18.4. The van der Waals surface area contributed by atoms with Crippen molar-refractivity contribution in [3.05, 3.63) is 71.8 Å². The minimum Gasteiger partial charge on any atom is -0.244 e. The van der Waals surface area contributed by atoms with E-state index in [-0.39, 0.29) is 6.61 Å². The third-order valence-electron chi connectivity index (χ3n) is 3.13. The fraction of sp³-hybridized carbons (Fsp3) is 0.143. The zero-order valence-electron chi connectivity index (χ0n) is 10.0. The molecule has 5 heteroatoms. The highest BCUT2D eigenvalue weighted by Crippen LogP contribution is 2.40. The Hall–Kier alpha value is -1.69. The molecule has 2 aromatic rings. The third-order valence-corrected chi connectivity index (χ3v) is 4.03. The van der Waals surface area contributed by atoms with Gasteiger partial charge in [0.25, 0.3) is 0 Å². The minimum atomic E-state index is -3.95. The van der Waals surface area contributed by atoms with Crippen molar-refractivity contribution in [1.82, 2.24) is 0 Å². The van der Waals surface area contributed by atoms with Crippen molar-refractivity contribution < 1.29 is 16.8 Å². The predicted molar refractivity (Wildman–Crippen MR) is 69.6 cm³/mol. The van der Waals surface area contributed by atoms with E-state index in [1.54, 1.807) is 0 Å². The van der Waals surface area contributed by atoms with Crippen molar-refractivity contribution >= 4 is 10.4 Å². The number of hydrogen-bond donors (Lipinski definition) is 0.